The van der Waals surface area contributed by atoms with Crippen molar-refractivity contribution in [2.45, 2.75) is 53.4 Å². The summed E-state index contributed by atoms with van der Waals surface area (Å²) >= 11 is 34.3. The number of fused-ring (bicyclic) bond motifs is 6. The summed E-state index contributed by atoms with van der Waals surface area (Å²) < 4.78 is 25.5. The summed E-state index contributed by atoms with van der Waals surface area (Å²) in [6, 6.07) is 63.4. The molecule has 0 bridgehead atoms. The number of esters is 3. The molecule has 584 valence electrons. The Kier molecular flexibility index (Phi) is 38.6. The van der Waals surface area contributed by atoms with Crippen LogP contribution in [0, 0.1) is 17.4 Å². The zero-order valence-corrected chi connectivity index (χ0v) is 74.0. The molecule has 4 N–H and O–H groups in total. The number of thiazole rings is 6. The molecule has 0 saturated carbocycles. The summed E-state index contributed by atoms with van der Waals surface area (Å²) in [5, 5.41) is 26.5. The fourth-order valence-electron chi connectivity index (χ4n) is 8.91. The van der Waals surface area contributed by atoms with Crippen molar-refractivity contribution in [1.82, 2.24) is 35.2 Å². The molecule has 6 heterocycles. The molecule has 0 aliphatic rings. The number of hydrogen-bond acceptors (Lipinski definition) is 25. The van der Waals surface area contributed by atoms with Gasteiger partial charge >= 0.3 is 40.3 Å². The summed E-state index contributed by atoms with van der Waals surface area (Å²) in [4.78, 5) is 112. The van der Waals surface area contributed by atoms with E-state index in [2.05, 4.69) is 136 Å². The summed E-state index contributed by atoms with van der Waals surface area (Å²) in [6.45, 7) is 8.13. The average Bonchev–Trinajstić information content (AvgIpc) is 1.73. The van der Waals surface area contributed by atoms with Crippen LogP contribution in [0.4, 0.5) is 0 Å². The van der Waals surface area contributed by atoms with E-state index in [4.69, 9.17) is 41.1 Å². The lowest BCUT2D eigenvalue weighted by Crippen LogP contribution is -2.06. The third kappa shape index (κ3) is 30.4. The maximum atomic E-state index is 12.0. The number of hydrogen-bond donors (Lipinski definition) is 4. The third-order valence-corrected chi connectivity index (χ3v) is 23.1. The maximum Gasteiger partial charge on any atom is 0.367 e. The minimum absolute atomic E-state index is 0.133. The number of carbonyl (C=O) groups excluding carboxylic acids is 6. The standard InChI is InChI=1S/C16H13NO2S.C15H10BrNO2S.C15H10INO2S.C9H7NO2S.C8H3BrClNOS.C8H4BrNO2S.C5H13N.C2Cl2O2.CH4O/c1-11-7-8-14-13(9-11)17-15(20-14)16(18)19-10-12-5-3-2-4-6-12;2*16-11-6-7-13-12(8-11)17-14(20-13)15(18)19-9-10-4-2-1-3-5-10;1-5-2-3-7-6(4-5)10-8(13-7)9(11)12;9-4-1-2-6-5(3-4)11-8(13-6)7(10)12;9-4-1-2-6-5(3-4)10-7(13-6)8(11)12;1-3-4-5-6-2;3-1(5)2(4)6;1-2/h2-9H,10H2,1H3;2*1-8H,9H2;2-4H,1H3,(H,11,12);1-3H;1-3H,(H,11,12);6H,3-5H2,1-2H3;;2H,1H3. The number of nitrogens with zero attached hydrogens (tertiary/aromatic N) is 6. The Labute approximate surface area is 724 Å². The summed E-state index contributed by atoms with van der Waals surface area (Å²) in [6.07, 6.45) is 2.59. The molecule has 34 heteroatoms. The SMILES string of the molecule is CCCCNC.CO.Cc1ccc2sc(C(=O)O)nc2c1.Cc1ccc2sc(C(=O)OCc3ccccc3)nc2c1.O=C(Cl)C(=O)Cl.O=C(Cl)c1nc2cc(Br)ccc2s1.O=C(O)c1nc2cc(Br)ccc2s1.O=C(OCc1ccccc1)c1nc2cc(Br)ccc2s1.O=C(OCc1ccccc1)c1nc2cc(I)ccc2s1. The zero-order chi connectivity index (χ0) is 82.1. The number of carboxylic acids is 2. The molecule has 0 radical (unpaired) electrons. The first kappa shape index (κ1) is 91.8. The van der Waals surface area contributed by atoms with Gasteiger partial charge < -0.3 is 34.8 Å². The second-order valence-electron chi connectivity index (χ2n) is 22.6. The number of aromatic carboxylic acids is 2. The topological polar surface area (TPSA) is 314 Å². The number of ether oxygens (including phenoxy) is 3. The smallest absolute Gasteiger partial charge is 0.367 e. The Balaban J connectivity index is 0.000000183. The average molecular weight is 2000 g/mol. The van der Waals surface area contributed by atoms with Gasteiger partial charge in [-0.15, -0.1) is 68.0 Å². The first-order valence-electron chi connectivity index (χ1n) is 33.0. The normalized spacial score (nSPS) is 10.2. The van der Waals surface area contributed by atoms with Crippen LogP contribution in [-0.4, -0.2) is 111 Å². The number of unbranched alkanes of at least 4 members (excludes halogenated alkanes) is 1. The molecule has 0 spiro atoms. The predicted molar refractivity (Wildman–Crippen MR) is 472 cm³/mol. The molecule has 0 unspecified atom stereocenters. The minimum Gasteiger partial charge on any atom is -0.476 e. The number of nitrogens with one attached hydrogen (secondary N) is 1. The molecule has 0 atom stereocenters. The minimum atomic E-state index is -1.14. The van der Waals surface area contributed by atoms with Crippen LogP contribution in [-0.2, 0) is 43.6 Å². The van der Waals surface area contributed by atoms with E-state index in [1.54, 1.807) is 6.07 Å². The van der Waals surface area contributed by atoms with E-state index in [0.717, 1.165) is 120 Å². The van der Waals surface area contributed by atoms with E-state index < -0.39 is 27.7 Å². The Morgan fingerprint density at radius 3 is 0.965 bits per heavy atom. The van der Waals surface area contributed by atoms with Gasteiger partial charge in [-0.1, -0.05) is 164 Å². The van der Waals surface area contributed by atoms with Crippen molar-refractivity contribution >= 4 is 280 Å². The van der Waals surface area contributed by atoms with E-state index >= 15 is 0 Å². The van der Waals surface area contributed by atoms with Crippen molar-refractivity contribution in [3.63, 3.8) is 0 Å². The van der Waals surface area contributed by atoms with Gasteiger partial charge in [0, 0.05) is 24.1 Å². The second kappa shape index (κ2) is 47.5. The molecule has 15 rings (SSSR count). The van der Waals surface area contributed by atoms with E-state index in [1.165, 1.54) is 80.9 Å². The molecule has 9 aromatic carbocycles. The summed E-state index contributed by atoms with van der Waals surface area (Å²) in [7, 11) is 2.98. The Hall–Kier alpha value is -8.36. The van der Waals surface area contributed by atoms with Crippen LogP contribution in [0.25, 0.3) is 61.3 Å². The van der Waals surface area contributed by atoms with E-state index in [9.17, 15) is 38.4 Å². The lowest BCUT2D eigenvalue weighted by atomic mass is 10.2. The van der Waals surface area contributed by atoms with Crippen LogP contribution in [0.2, 0.25) is 0 Å². The van der Waals surface area contributed by atoms with E-state index in [0.29, 0.717) is 20.0 Å². The number of aliphatic hydroxyl groups excluding tert-OH is 1. The molecular formula is C79H64Br3Cl3IN7O14S6. The fraction of sp³-hybridized carbons (Fsp3) is 0.139. The van der Waals surface area contributed by atoms with Crippen LogP contribution >= 0.6 is 173 Å². The van der Waals surface area contributed by atoms with E-state index in [-0.39, 0.29) is 47.7 Å². The molecule has 15 aromatic rings. The lowest BCUT2D eigenvalue weighted by Gasteiger charge is -2.01. The van der Waals surface area contributed by atoms with Crippen LogP contribution in [0.1, 0.15) is 106 Å². The van der Waals surface area contributed by atoms with Gasteiger partial charge in [-0.05, 0) is 216 Å². The Morgan fingerprint density at radius 1 is 0.398 bits per heavy atom. The number of benzene rings is 9. The molecule has 6 aromatic heterocycles. The van der Waals surface area contributed by atoms with Crippen molar-refractivity contribution in [2.24, 2.45) is 0 Å². The van der Waals surface area contributed by atoms with Crippen molar-refractivity contribution in [3.05, 3.63) is 275 Å². The van der Waals surface area contributed by atoms with Crippen LogP contribution in [0.5, 0.6) is 0 Å². The number of aryl methyl sites for hydroxylation is 2. The van der Waals surface area contributed by atoms with Gasteiger partial charge in [0.05, 0.1) is 61.3 Å². The van der Waals surface area contributed by atoms with Crippen LogP contribution < -0.4 is 5.32 Å². The van der Waals surface area contributed by atoms with Gasteiger partial charge in [-0.2, -0.15) is 0 Å². The molecule has 0 fully saturated rings. The quantitative estimate of drug-likeness (QED) is 0.0174. The summed E-state index contributed by atoms with van der Waals surface area (Å²) in [5.74, 6) is -3.06. The van der Waals surface area contributed by atoms with Gasteiger partial charge in [0.2, 0.25) is 25.0 Å². The van der Waals surface area contributed by atoms with Gasteiger partial charge in [-0.3, -0.25) is 14.4 Å². The number of rotatable bonds is 16. The second-order valence-corrected chi connectivity index (χ2v) is 33.8. The first-order chi connectivity index (χ1) is 54.2. The largest absolute Gasteiger partial charge is 0.476 e. The molecule has 21 nitrogen and oxygen atoms in total. The number of carboxylic acid groups (broad SMARTS) is 2. The predicted octanol–water partition coefficient (Wildman–Crippen LogP) is 22.3. The lowest BCUT2D eigenvalue weighted by molar-refractivity contribution is -0.127. The number of aliphatic hydroxyl groups is 1. The van der Waals surface area contributed by atoms with Gasteiger partial charge in [-0.25, -0.2) is 53.9 Å². The highest BCUT2D eigenvalue weighted by atomic mass is 127. The molecule has 0 saturated heterocycles. The molecular weight excluding hydrogens is 1940 g/mol. The third-order valence-electron chi connectivity index (χ3n) is 14.1. The highest BCUT2D eigenvalue weighted by Gasteiger charge is 2.18. The first-order valence-corrected chi connectivity index (χ1v) is 42.5. The van der Waals surface area contributed by atoms with Gasteiger partial charge in [0.25, 0.3) is 5.24 Å². The van der Waals surface area contributed by atoms with Crippen molar-refractivity contribution in [2.75, 3.05) is 20.7 Å². The molecule has 0 amide bonds. The Morgan fingerprint density at radius 2 is 0.673 bits per heavy atom. The number of carbonyl (C=O) groups is 8. The van der Waals surface area contributed by atoms with Crippen LogP contribution in [0.15, 0.2) is 214 Å². The maximum absolute atomic E-state index is 12.0. The number of aromatic nitrogens is 6. The van der Waals surface area contributed by atoms with Gasteiger partial charge in [0.1, 0.15) is 19.8 Å². The van der Waals surface area contributed by atoms with E-state index in [1.807, 2.05) is 215 Å². The fourth-order valence-corrected chi connectivity index (χ4v) is 15.5. The molecule has 113 heavy (non-hydrogen) atoms. The Bertz CT molecular complexity index is 5200. The molecule has 0 aliphatic carbocycles. The van der Waals surface area contributed by atoms with Crippen molar-refractivity contribution in [1.29, 1.82) is 0 Å². The van der Waals surface area contributed by atoms with Crippen LogP contribution in [0.3, 0.4) is 0 Å². The summed E-state index contributed by atoms with van der Waals surface area (Å²) in [5.41, 5.74) is 9.90. The highest BCUT2D eigenvalue weighted by molar-refractivity contribution is 14.1. The number of halogens is 7. The van der Waals surface area contributed by atoms with Gasteiger partial charge in [0.15, 0.2) is 5.01 Å². The molecule has 0 aliphatic heterocycles. The zero-order valence-electron chi connectivity index (χ0n) is 59.9. The highest BCUT2D eigenvalue weighted by Crippen LogP contribution is 2.31. The van der Waals surface area contributed by atoms with Crippen molar-refractivity contribution in [3.8, 4) is 0 Å². The van der Waals surface area contributed by atoms with Crippen molar-refractivity contribution < 1.29 is 67.9 Å². The monoisotopic (exact) mass is 1990 g/mol.